The summed E-state index contributed by atoms with van der Waals surface area (Å²) in [4.78, 5) is 14.2. The molecular weight excluding hydrogens is 278 g/mol. The number of nitrogens with two attached hydrogens (primary N) is 1. The van der Waals surface area contributed by atoms with E-state index in [1.165, 1.54) is 0 Å². The van der Waals surface area contributed by atoms with E-state index in [1.54, 1.807) is 12.4 Å². The molecule has 0 aromatic carbocycles. The highest BCUT2D eigenvalue weighted by Gasteiger charge is 2.24. The number of rotatable bonds is 3. The standard InChI is InChI=1S/C16H19N5O/c1-2-21-6-4-10(9-21)22-13-3-5-18-16-15(13)11-7-14(17)19-8-12(11)20-16/h3,5,7-8,10H,2,4,6,9H2,1H3,(H2,17,19)(H,18,20)/t10-/m1/s1. The van der Waals surface area contributed by atoms with E-state index in [0.717, 1.165) is 53.7 Å². The van der Waals surface area contributed by atoms with Crippen LogP contribution in [0.3, 0.4) is 0 Å². The van der Waals surface area contributed by atoms with Crippen LogP contribution >= 0.6 is 0 Å². The number of pyridine rings is 2. The van der Waals surface area contributed by atoms with Crippen molar-refractivity contribution in [3.8, 4) is 5.75 Å². The Kier molecular flexibility index (Phi) is 3.11. The predicted octanol–water partition coefficient (Wildman–Crippen LogP) is 2.17. The van der Waals surface area contributed by atoms with Crippen molar-refractivity contribution in [2.75, 3.05) is 25.4 Å². The molecule has 4 rings (SSSR count). The summed E-state index contributed by atoms with van der Waals surface area (Å²) in [5.41, 5.74) is 7.57. The number of ether oxygens (including phenoxy) is 1. The van der Waals surface area contributed by atoms with E-state index in [9.17, 15) is 0 Å². The van der Waals surface area contributed by atoms with E-state index in [-0.39, 0.29) is 6.10 Å². The van der Waals surface area contributed by atoms with Gasteiger partial charge in [0.1, 0.15) is 23.3 Å². The Hall–Kier alpha value is -2.34. The molecule has 0 unspecified atom stereocenters. The van der Waals surface area contributed by atoms with Crippen LogP contribution in [0.25, 0.3) is 21.9 Å². The van der Waals surface area contributed by atoms with Gasteiger partial charge in [0.2, 0.25) is 0 Å². The van der Waals surface area contributed by atoms with Gasteiger partial charge in [0, 0.05) is 24.7 Å². The van der Waals surface area contributed by atoms with Gasteiger partial charge in [0.15, 0.2) is 0 Å². The number of fused-ring (bicyclic) bond motifs is 3. The third-order valence-corrected chi connectivity index (χ3v) is 4.33. The van der Waals surface area contributed by atoms with Crippen LogP contribution in [0.2, 0.25) is 0 Å². The normalized spacial score (nSPS) is 19.2. The molecule has 6 nitrogen and oxygen atoms in total. The summed E-state index contributed by atoms with van der Waals surface area (Å²) in [6.45, 7) is 5.33. The van der Waals surface area contributed by atoms with E-state index in [0.29, 0.717) is 5.82 Å². The molecule has 3 aromatic rings. The summed E-state index contributed by atoms with van der Waals surface area (Å²) in [5.74, 6) is 1.37. The maximum atomic E-state index is 6.26. The lowest BCUT2D eigenvalue weighted by Crippen LogP contribution is -2.24. The molecule has 0 saturated carbocycles. The maximum Gasteiger partial charge on any atom is 0.142 e. The highest BCUT2D eigenvalue weighted by atomic mass is 16.5. The van der Waals surface area contributed by atoms with Gasteiger partial charge in [-0.25, -0.2) is 9.97 Å². The van der Waals surface area contributed by atoms with Gasteiger partial charge in [-0.2, -0.15) is 0 Å². The van der Waals surface area contributed by atoms with Crippen LogP contribution in [-0.4, -0.2) is 45.6 Å². The van der Waals surface area contributed by atoms with Crippen molar-refractivity contribution in [1.29, 1.82) is 0 Å². The molecular formula is C16H19N5O. The third-order valence-electron chi connectivity index (χ3n) is 4.33. The summed E-state index contributed by atoms with van der Waals surface area (Å²) >= 11 is 0. The highest BCUT2D eigenvalue weighted by Crippen LogP contribution is 2.33. The second-order valence-corrected chi connectivity index (χ2v) is 5.73. The Bertz CT molecular complexity index is 828. The number of nitrogen functional groups attached to an aromatic ring is 1. The van der Waals surface area contributed by atoms with Crippen LogP contribution in [-0.2, 0) is 0 Å². The summed E-state index contributed by atoms with van der Waals surface area (Å²) < 4.78 is 6.26. The lowest BCUT2D eigenvalue weighted by molar-refractivity contribution is 0.205. The lowest BCUT2D eigenvalue weighted by Gasteiger charge is -2.15. The summed E-state index contributed by atoms with van der Waals surface area (Å²) in [6.07, 6.45) is 4.81. The van der Waals surface area contributed by atoms with Crippen LogP contribution in [0.15, 0.2) is 24.5 Å². The molecule has 1 atom stereocenters. The molecule has 4 heterocycles. The number of H-pyrrole nitrogens is 1. The van der Waals surface area contributed by atoms with Gasteiger partial charge in [0.05, 0.1) is 17.1 Å². The summed E-state index contributed by atoms with van der Waals surface area (Å²) in [7, 11) is 0. The Morgan fingerprint density at radius 1 is 1.45 bits per heavy atom. The number of aromatic nitrogens is 3. The lowest BCUT2D eigenvalue weighted by atomic mass is 10.2. The smallest absolute Gasteiger partial charge is 0.142 e. The average Bonchev–Trinajstić information content (AvgIpc) is 3.11. The zero-order valence-corrected chi connectivity index (χ0v) is 12.5. The Morgan fingerprint density at radius 2 is 2.36 bits per heavy atom. The number of nitrogens with one attached hydrogen (secondary N) is 1. The van der Waals surface area contributed by atoms with Crippen LogP contribution in [0.5, 0.6) is 5.75 Å². The van der Waals surface area contributed by atoms with Crippen LogP contribution in [0, 0.1) is 0 Å². The van der Waals surface area contributed by atoms with Crippen molar-refractivity contribution in [2.24, 2.45) is 0 Å². The van der Waals surface area contributed by atoms with Crippen molar-refractivity contribution < 1.29 is 4.74 Å². The topological polar surface area (TPSA) is 80.1 Å². The molecule has 1 aliphatic heterocycles. The van der Waals surface area contributed by atoms with Gasteiger partial charge in [0.25, 0.3) is 0 Å². The first kappa shape index (κ1) is 13.3. The second-order valence-electron chi connectivity index (χ2n) is 5.73. The fraction of sp³-hybridized carbons (Fsp3) is 0.375. The van der Waals surface area contributed by atoms with Crippen molar-refractivity contribution >= 4 is 27.8 Å². The van der Waals surface area contributed by atoms with Crippen molar-refractivity contribution in [3.63, 3.8) is 0 Å². The van der Waals surface area contributed by atoms with Crippen molar-refractivity contribution in [1.82, 2.24) is 19.9 Å². The molecule has 3 aromatic heterocycles. The first-order chi connectivity index (χ1) is 10.7. The Balaban J connectivity index is 1.77. The van der Waals surface area contributed by atoms with Crippen LogP contribution < -0.4 is 10.5 Å². The van der Waals surface area contributed by atoms with Gasteiger partial charge in [-0.05, 0) is 25.1 Å². The first-order valence-electron chi connectivity index (χ1n) is 7.65. The minimum atomic E-state index is 0.231. The summed E-state index contributed by atoms with van der Waals surface area (Å²) in [5, 5.41) is 2.00. The van der Waals surface area contributed by atoms with E-state index >= 15 is 0 Å². The van der Waals surface area contributed by atoms with Gasteiger partial charge in [-0.1, -0.05) is 6.92 Å². The van der Waals surface area contributed by atoms with Crippen LogP contribution in [0.1, 0.15) is 13.3 Å². The number of nitrogens with zero attached hydrogens (tertiary/aromatic N) is 3. The van der Waals surface area contributed by atoms with E-state index in [2.05, 4.69) is 26.8 Å². The number of likely N-dealkylation sites (N-methyl/N-ethyl adjacent to an activating group) is 1. The molecule has 0 bridgehead atoms. The molecule has 1 saturated heterocycles. The monoisotopic (exact) mass is 297 g/mol. The molecule has 0 amide bonds. The van der Waals surface area contributed by atoms with E-state index in [4.69, 9.17) is 10.5 Å². The van der Waals surface area contributed by atoms with Gasteiger partial charge in [-0.3, -0.25) is 4.90 Å². The largest absolute Gasteiger partial charge is 0.488 e. The minimum Gasteiger partial charge on any atom is -0.488 e. The zero-order valence-electron chi connectivity index (χ0n) is 12.5. The molecule has 0 radical (unpaired) electrons. The molecule has 22 heavy (non-hydrogen) atoms. The molecule has 3 N–H and O–H groups in total. The number of hydrogen-bond acceptors (Lipinski definition) is 5. The number of hydrogen-bond donors (Lipinski definition) is 2. The molecule has 114 valence electrons. The highest BCUT2D eigenvalue weighted by molar-refractivity contribution is 6.09. The molecule has 6 heteroatoms. The number of likely N-dealkylation sites (tertiary alicyclic amines) is 1. The van der Waals surface area contributed by atoms with Gasteiger partial charge < -0.3 is 15.5 Å². The summed E-state index contributed by atoms with van der Waals surface area (Å²) in [6, 6.07) is 3.80. The SMILES string of the molecule is CCN1CC[C@@H](Oc2ccnc3[nH]c4cnc(N)cc4c23)C1. The fourth-order valence-electron chi connectivity index (χ4n) is 3.16. The third kappa shape index (κ3) is 2.16. The first-order valence-corrected chi connectivity index (χ1v) is 7.65. The van der Waals surface area contributed by atoms with E-state index < -0.39 is 0 Å². The number of anilines is 1. The van der Waals surface area contributed by atoms with Crippen LogP contribution in [0.4, 0.5) is 5.82 Å². The number of aromatic amines is 1. The van der Waals surface area contributed by atoms with Gasteiger partial charge in [-0.15, -0.1) is 0 Å². The van der Waals surface area contributed by atoms with E-state index in [1.807, 2.05) is 12.1 Å². The average molecular weight is 297 g/mol. The molecule has 1 aliphatic rings. The molecule has 0 spiro atoms. The van der Waals surface area contributed by atoms with Gasteiger partial charge >= 0.3 is 0 Å². The van der Waals surface area contributed by atoms with Crippen molar-refractivity contribution in [3.05, 3.63) is 24.5 Å². The maximum absolute atomic E-state index is 6.26. The molecule has 1 fully saturated rings. The molecule has 0 aliphatic carbocycles. The quantitative estimate of drug-likeness (QED) is 0.774. The second kappa shape index (κ2) is 5.14. The Labute approximate surface area is 128 Å². The predicted molar refractivity (Wildman–Crippen MR) is 87.0 cm³/mol. The fourth-order valence-corrected chi connectivity index (χ4v) is 3.16. The Morgan fingerprint density at radius 3 is 3.18 bits per heavy atom. The minimum absolute atomic E-state index is 0.231. The van der Waals surface area contributed by atoms with Crippen molar-refractivity contribution in [2.45, 2.75) is 19.4 Å². The zero-order chi connectivity index (χ0) is 15.1.